The second kappa shape index (κ2) is 3.05. The van der Waals surface area contributed by atoms with Crippen molar-refractivity contribution < 1.29 is 0 Å². The Bertz CT molecular complexity index is 144. The van der Waals surface area contributed by atoms with E-state index in [1.807, 2.05) is 0 Å². The summed E-state index contributed by atoms with van der Waals surface area (Å²) < 4.78 is 0. The summed E-state index contributed by atoms with van der Waals surface area (Å²) in [4.78, 5) is 0. The van der Waals surface area contributed by atoms with E-state index >= 15 is 0 Å². The van der Waals surface area contributed by atoms with Crippen LogP contribution in [-0.2, 0) is 0 Å². The van der Waals surface area contributed by atoms with Crippen LogP contribution in [0, 0.1) is 11.8 Å². The summed E-state index contributed by atoms with van der Waals surface area (Å²) in [6.45, 7) is 10.1. The Morgan fingerprint density at radius 3 is 2.70 bits per heavy atom. The minimum Gasteiger partial charge on any atom is -0.103 e. The van der Waals surface area contributed by atoms with Crippen LogP contribution in [0.2, 0.25) is 0 Å². The maximum absolute atomic E-state index is 4.01. The van der Waals surface area contributed by atoms with E-state index < -0.39 is 0 Å². The molecule has 1 aliphatic carbocycles. The van der Waals surface area contributed by atoms with E-state index in [0.29, 0.717) is 5.92 Å². The second-order valence-electron chi connectivity index (χ2n) is 3.49. The number of allylic oxidation sites excluding steroid dienone is 2. The van der Waals surface area contributed by atoms with Crippen molar-refractivity contribution in [3.8, 4) is 0 Å². The molecule has 0 unspecified atom stereocenters. The van der Waals surface area contributed by atoms with Crippen molar-refractivity contribution in [1.82, 2.24) is 0 Å². The van der Waals surface area contributed by atoms with Gasteiger partial charge in [-0.3, -0.25) is 0 Å². The van der Waals surface area contributed by atoms with E-state index in [4.69, 9.17) is 0 Å². The van der Waals surface area contributed by atoms with E-state index in [1.54, 1.807) is 0 Å². The third-order valence-electron chi connectivity index (χ3n) is 2.23. The molecule has 2 atom stereocenters. The lowest BCUT2D eigenvalue weighted by Gasteiger charge is -2.25. The zero-order valence-corrected chi connectivity index (χ0v) is 6.77. The smallest absolute Gasteiger partial charge is 0.0196 e. The standard InChI is InChI=1S/C10H16/c1-4-10-6-8(2)5-9(3)7-10/h4,9-10H,1-2,5-7H2,3H3/t9-,10+/m0/s1. The monoisotopic (exact) mass is 136 g/mol. The first kappa shape index (κ1) is 7.59. The number of rotatable bonds is 1. The van der Waals surface area contributed by atoms with Gasteiger partial charge in [0.2, 0.25) is 0 Å². The maximum atomic E-state index is 4.01. The Labute approximate surface area is 63.6 Å². The summed E-state index contributed by atoms with van der Waals surface area (Å²) in [5.74, 6) is 1.53. The largest absolute Gasteiger partial charge is 0.103 e. The van der Waals surface area contributed by atoms with Gasteiger partial charge in [-0.05, 0) is 31.1 Å². The van der Waals surface area contributed by atoms with E-state index in [0.717, 1.165) is 5.92 Å². The molecule has 0 radical (unpaired) electrons. The van der Waals surface area contributed by atoms with Crippen molar-refractivity contribution in [2.75, 3.05) is 0 Å². The van der Waals surface area contributed by atoms with Crippen LogP contribution in [-0.4, -0.2) is 0 Å². The third kappa shape index (κ3) is 1.73. The summed E-state index contributed by atoms with van der Waals surface area (Å²) in [6.07, 6.45) is 5.78. The molecule has 0 aliphatic heterocycles. The Morgan fingerprint density at radius 1 is 1.50 bits per heavy atom. The van der Waals surface area contributed by atoms with Crippen LogP contribution < -0.4 is 0 Å². The van der Waals surface area contributed by atoms with Gasteiger partial charge in [-0.2, -0.15) is 0 Å². The molecule has 0 aromatic rings. The quantitative estimate of drug-likeness (QED) is 0.486. The fraction of sp³-hybridized carbons (Fsp3) is 0.600. The first-order valence-electron chi connectivity index (χ1n) is 4.01. The zero-order chi connectivity index (χ0) is 7.56. The first-order chi connectivity index (χ1) is 4.72. The predicted octanol–water partition coefficient (Wildman–Crippen LogP) is 3.16. The van der Waals surface area contributed by atoms with Crippen LogP contribution in [0.25, 0.3) is 0 Å². The number of hydrogen-bond donors (Lipinski definition) is 0. The SMILES string of the molecule is C=C[C@@H]1CC(=C)C[C@H](C)C1. The molecule has 1 fully saturated rings. The maximum Gasteiger partial charge on any atom is -0.0196 e. The fourth-order valence-electron chi connectivity index (χ4n) is 1.81. The van der Waals surface area contributed by atoms with Gasteiger partial charge < -0.3 is 0 Å². The van der Waals surface area contributed by atoms with Gasteiger partial charge >= 0.3 is 0 Å². The molecule has 0 saturated heterocycles. The van der Waals surface area contributed by atoms with Crippen LogP contribution in [0.3, 0.4) is 0 Å². The van der Waals surface area contributed by atoms with Gasteiger partial charge in [0, 0.05) is 0 Å². The third-order valence-corrected chi connectivity index (χ3v) is 2.23. The summed E-state index contributed by atoms with van der Waals surface area (Å²) in [5.41, 5.74) is 1.41. The molecule has 0 N–H and O–H groups in total. The zero-order valence-electron chi connectivity index (χ0n) is 6.77. The highest BCUT2D eigenvalue weighted by atomic mass is 14.2. The van der Waals surface area contributed by atoms with Gasteiger partial charge in [0.05, 0.1) is 0 Å². The highest BCUT2D eigenvalue weighted by Gasteiger charge is 2.18. The van der Waals surface area contributed by atoms with Gasteiger partial charge in [-0.1, -0.05) is 25.2 Å². The van der Waals surface area contributed by atoms with Gasteiger partial charge in [0.15, 0.2) is 0 Å². The number of hydrogen-bond acceptors (Lipinski definition) is 0. The van der Waals surface area contributed by atoms with E-state index in [2.05, 4.69) is 26.2 Å². The van der Waals surface area contributed by atoms with Crippen molar-refractivity contribution >= 4 is 0 Å². The summed E-state index contributed by atoms with van der Waals surface area (Å²) in [7, 11) is 0. The molecular weight excluding hydrogens is 120 g/mol. The van der Waals surface area contributed by atoms with Gasteiger partial charge in [0.1, 0.15) is 0 Å². The van der Waals surface area contributed by atoms with Crippen LogP contribution in [0.1, 0.15) is 26.2 Å². The molecule has 0 spiro atoms. The molecule has 10 heavy (non-hydrogen) atoms. The van der Waals surface area contributed by atoms with Crippen molar-refractivity contribution in [3.05, 3.63) is 24.8 Å². The van der Waals surface area contributed by atoms with Crippen LogP contribution in [0.4, 0.5) is 0 Å². The second-order valence-corrected chi connectivity index (χ2v) is 3.49. The van der Waals surface area contributed by atoms with Crippen molar-refractivity contribution in [3.63, 3.8) is 0 Å². The average Bonchev–Trinajstić information content (AvgIpc) is 1.85. The Hall–Kier alpha value is -0.520. The van der Waals surface area contributed by atoms with Gasteiger partial charge in [0.25, 0.3) is 0 Å². The molecule has 1 rings (SSSR count). The van der Waals surface area contributed by atoms with Crippen LogP contribution in [0.15, 0.2) is 24.8 Å². The molecule has 0 aromatic carbocycles. The molecule has 0 heteroatoms. The van der Waals surface area contributed by atoms with Crippen LogP contribution in [0.5, 0.6) is 0 Å². The molecule has 0 bridgehead atoms. The minimum absolute atomic E-state index is 0.705. The molecule has 0 heterocycles. The van der Waals surface area contributed by atoms with Crippen molar-refractivity contribution in [2.24, 2.45) is 11.8 Å². The Kier molecular flexibility index (Phi) is 2.31. The topological polar surface area (TPSA) is 0 Å². The van der Waals surface area contributed by atoms with E-state index in [-0.39, 0.29) is 0 Å². The van der Waals surface area contributed by atoms with E-state index in [1.165, 1.54) is 24.8 Å². The Balaban J connectivity index is 2.50. The fourth-order valence-corrected chi connectivity index (χ4v) is 1.81. The van der Waals surface area contributed by atoms with Crippen LogP contribution >= 0.6 is 0 Å². The first-order valence-corrected chi connectivity index (χ1v) is 4.01. The molecule has 0 nitrogen and oxygen atoms in total. The lowest BCUT2D eigenvalue weighted by Crippen LogP contribution is -2.12. The summed E-state index contributed by atoms with van der Waals surface area (Å²) >= 11 is 0. The lowest BCUT2D eigenvalue weighted by atomic mass is 9.80. The normalized spacial score (nSPS) is 33.9. The highest BCUT2D eigenvalue weighted by Crippen LogP contribution is 2.31. The van der Waals surface area contributed by atoms with Crippen molar-refractivity contribution in [2.45, 2.75) is 26.2 Å². The molecule has 56 valence electrons. The lowest BCUT2D eigenvalue weighted by molar-refractivity contribution is 0.388. The Morgan fingerprint density at radius 2 is 2.20 bits per heavy atom. The summed E-state index contributed by atoms with van der Waals surface area (Å²) in [5, 5.41) is 0. The van der Waals surface area contributed by atoms with E-state index in [9.17, 15) is 0 Å². The average molecular weight is 136 g/mol. The van der Waals surface area contributed by atoms with Crippen molar-refractivity contribution in [1.29, 1.82) is 0 Å². The molecule has 1 saturated carbocycles. The van der Waals surface area contributed by atoms with Gasteiger partial charge in [-0.15, -0.1) is 6.58 Å². The minimum atomic E-state index is 0.705. The predicted molar refractivity (Wildman–Crippen MR) is 45.8 cm³/mol. The van der Waals surface area contributed by atoms with Gasteiger partial charge in [-0.25, -0.2) is 0 Å². The molecule has 0 amide bonds. The molecule has 1 aliphatic rings. The highest BCUT2D eigenvalue weighted by molar-refractivity contribution is 5.04. The molecular formula is C10H16. The summed E-state index contributed by atoms with van der Waals surface area (Å²) in [6, 6.07) is 0. The molecule has 0 aromatic heterocycles.